The highest BCUT2D eigenvalue weighted by molar-refractivity contribution is 9.10. The molecule has 0 bridgehead atoms. The van der Waals surface area contributed by atoms with E-state index in [-0.39, 0.29) is 23.2 Å². The molecule has 1 aromatic heterocycles. The van der Waals surface area contributed by atoms with E-state index in [1.807, 2.05) is 31.2 Å². The minimum Gasteiger partial charge on any atom is -0.497 e. The standard InChI is InChI=1S/C19H18BrN3O4S/c1-13-6-8-16(9-7-13)28(24,25)23-18-19(22-17(20)11-21-18)27-12-14-4-3-5-15(10-14)26-2/h3-11H,12H2,1-2H3,(H,21,23). The van der Waals surface area contributed by atoms with Gasteiger partial charge in [0, 0.05) is 0 Å². The van der Waals surface area contributed by atoms with Crippen molar-refractivity contribution in [3.05, 3.63) is 70.5 Å². The van der Waals surface area contributed by atoms with Crippen molar-refractivity contribution in [2.24, 2.45) is 0 Å². The summed E-state index contributed by atoms with van der Waals surface area (Å²) in [6, 6.07) is 13.9. The van der Waals surface area contributed by atoms with Crippen molar-refractivity contribution in [1.82, 2.24) is 9.97 Å². The van der Waals surface area contributed by atoms with Crippen molar-refractivity contribution in [2.45, 2.75) is 18.4 Å². The lowest BCUT2D eigenvalue weighted by Gasteiger charge is -2.12. The maximum absolute atomic E-state index is 12.6. The van der Waals surface area contributed by atoms with Gasteiger partial charge in [-0.25, -0.2) is 18.4 Å². The van der Waals surface area contributed by atoms with Gasteiger partial charge < -0.3 is 9.47 Å². The van der Waals surface area contributed by atoms with Crippen LogP contribution in [-0.4, -0.2) is 25.5 Å². The molecule has 3 aromatic rings. The molecule has 0 radical (unpaired) electrons. The molecule has 3 rings (SSSR count). The number of aromatic nitrogens is 2. The van der Waals surface area contributed by atoms with Crippen LogP contribution >= 0.6 is 15.9 Å². The summed E-state index contributed by atoms with van der Waals surface area (Å²) >= 11 is 3.23. The Balaban J connectivity index is 1.83. The van der Waals surface area contributed by atoms with Crippen LogP contribution in [0.3, 0.4) is 0 Å². The van der Waals surface area contributed by atoms with Gasteiger partial charge in [-0.05, 0) is 52.7 Å². The quantitative estimate of drug-likeness (QED) is 0.570. The summed E-state index contributed by atoms with van der Waals surface area (Å²) in [6.45, 7) is 2.05. The zero-order chi connectivity index (χ0) is 20.1. The summed E-state index contributed by atoms with van der Waals surface area (Å²) in [6.07, 6.45) is 1.39. The van der Waals surface area contributed by atoms with Crippen molar-refractivity contribution in [3.8, 4) is 11.6 Å². The van der Waals surface area contributed by atoms with E-state index < -0.39 is 10.0 Å². The SMILES string of the molecule is COc1cccc(COc2nc(Br)cnc2NS(=O)(=O)c2ccc(C)cc2)c1. The molecule has 28 heavy (non-hydrogen) atoms. The van der Waals surface area contributed by atoms with Gasteiger partial charge in [-0.3, -0.25) is 4.72 Å². The monoisotopic (exact) mass is 463 g/mol. The predicted molar refractivity (Wildman–Crippen MR) is 109 cm³/mol. The molecule has 0 amide bonds. The fourth-order valence-corrected chi connectivity index (χ4v) is 3.61. The molecule has 146 valence electrons. The molecule has 0 aliphatic rings. The molecule has 0 saturated carbocycles. The van der Waals surface area contributed by atoms with Gasteiger partial charge in [0.2, 0.25) is 5.82 Å². The average Bonchev–Trinajstić information content (AvgIpc) is 2.68. The van der Waals surface area contributed by atoms with Gasteiger partial charge in [0.05, 0.1) is 18.2 Å². The number of sulfonamides is 1. The molecule has 0 fully saturated rings. The van der Waals surface area contributed by atoms with E-state index in [4.69, 9.17) is 9.47 Å². The second-order valence-corrected chi connectivity index (χ2v) is 8.40. The number of nitrogens with zero attached hydrogens (tertiary/aromatic N) is 2. The van der Waals surface area contributed by atoms with E-state index >= 15 is 0 Å². The molecular formula is C19H18BrN3O4S. The molecule has 2 aromatic carbocycles. The van der Waals surface area contributed by atoms with Crippen molar-refractivity contribution in [2.75, 3.05) is 11.8 Å². The van der Waals surface area contributed by atoms with Crippen LogP contribution in [0.4, 0.5) is 5.82 Å². The fourth-order valence-electron chi connectivity index (χ4n) is 2.34. The van der Waals surface area contributed by atoms with Crippen molar-refractivity contribution >= 4 is 31.8 Å². The molecule has 0 atom stereocenters. The molecule has 0 saturated heterocycles. The largest absolute Gasteiger partial charge is 0.497 e. The van der Waals surface area contributed by atoms with Crippen molar-refractivity contribution in [3.63, 3.8) is 0 Å². The third-order valence-corrected chi connectivity index (χ3v) is 5.52. The lowest BCUT2D eigenvalue weighted by Crippen LogP contribution is -2.15. The second kappa shape index (κ2) is 8.57. The molecule has 1 N–H and O–H groups in total. The van der Waals surface area contributed by atoms with Crippen molar-refractivity contribution in [1.29, 1.82) is 0 Å². The third kappa shape index (κ3) is 4.99. The number of rotatable bonds is 7. The number of nitrogens with one attached hydrogen (secondary N) is 1. The summed E-state index contributed by atoms with van der Waals surface area (Å²) in [7, 11) is -2.25. The van der Waals surface area contributed by atoms with Crippen molar-refractivity contribution < 1.29 is 17.9 Å². The predicted octanol–water partition coefficient (Wildman–Crippen LogP) is 3.94. The van der Waals surface area contributed by atoms with Crippen LogP contribution in [-0.2, 0) is 16.6 Å². The number of anilines is 1. The lowest BCUT2D eigenvalue weighted by atomic mass is 10.2. The van der Waals surface area contributed by atoms with E-state index in [1.54, 1.807) is 19.2 Å². The number of aryl methyl sites for hydroxylation is 1. The van der Waals surface area contributed by atoms with Crippen LogP contribution in [0.15, 0.2) is 64.2 Å². The van der Waals surface area contributed by atoms with Crippen LogP contribution in [0.5, 0.6) is 11.6 Å². The highest BCUT2D eigenvalue weighted by Crippen LogP contribution is 2.26. The molecular weight excluding hydrogens is 446 g/mol. The van der Waals surface area contributed by atoms with E-state index in [2.05, 4.69) is 30.6 Å². The van der Waals surface area contributed by atoms with Crippen LogP contribution in [0.2, 0.25) is 0 Å². The first-order valence-corrected chi connectivity index (χ1v) is 10.5. The zero-order valence-electron chi connectivity index (χ0n) is 15.2. The van der Waals surface area contributed by atoms with E-state index in [0.29, 0.717) is 10.4 Å². The molecule has 0 spiro atoms. The highest BCUT2D eigenvalue weighted by Gasteiger charge is 2.19. The Labute approximate surface area is 171 Å². The summed E-state index contributed by atoms with van der Waals surface area (Å²) in [5, 5.41) is 0. The summed E-state index contributed by atoms with van der Waals surface area (Å²) < 4.78 is 39.1. The van der Waals surface area contributed by atoms with Gasteiger partial charge >= 0.3 is 0 Å². The Bertz CT molecular complexity index is 1070. The van der Waals surface area contributed by atoms with E-state index in [1.165, 1.54) is 18.3 Å². The summed E-state index contributed by atoms with van der Waals surface area (Å²) in [4.78, 5) is 8.43. The van der Waals surface area contributed by atoms with Gasteiger partial charge in [0.15, 0.2) is 0 Å². The van der Waals surface area contributed by atoms with Gasteiger partial charge in [0.25, 0.3) is 15.9 Å². The maximum Gasteiger partial charge on any atom is 0.263 e. The summed E-state index contributed by atoms with van der Waals surface area (Å²) in [5.74, 6) is 0.765. The number of hydrogen-bond donors (Lipinski definition) is 1. The van der Waals surface area contributed by atoms with Gasteiger partial charge in [-0.1, -0.05) is 29.8 Å². The summed E-state index contributed by atoms with van der Waals surface area (Å²) in [5.41, 5.74) is 1.80. The fraction of sp³-hybridized carbons (Fsp3) is 0.158. The Hall–Kier alpha value is -2.65. The smallest absolute Gasteiger partial charge is 0.263 e. The maximum atomic E-state index is 12.6. The van der Waals surface area contributed by atoms with Gasteiger partial charge in [0.1, 0.15) is 17.0 Å². The third-order valence-electron chi connectivity index (χ3n) is 3.78. The van der Waals surface area contributed by atoms with Crippen LogP contribution in [0, 0.1) is 6.92 Å². The molecule has 1 heterocycles. The molecule has 0 aliphatic carbocycles. The molecule has 7 nitrogen and oxygen atoms in total. The minimum atomic E-state index is -3.83. The average molecular weight is 464 g/mol. The van der Waals surface area contributed by atoms with Crippen LogP contribution in [0.25, 0.3) is 0 Å². The van der Waals surface area contributed by atoms with E-state index in [0.717, 1.165) is 11.1 Å². The zero-order valence-corrected chi connectivity index (χ0v) is 17.6. The van der Waals surface area contributed by atoms with Gasteiger partial charge in [-0.15, -0.1) is 0 Å². The van der Waals surface area contributed by atoms with E-state index in [9.17, 15) is 8.42 Å². The molecule has 0 unspecified atom stereocenters. The van der Waals surface area contributed by atoms with Crippen LogP contribution < -0.4 is 14.2 Å². The number of methoxy groups -OCH3 is 1. The lowest BCUT2D eigenvalue weighted by molar-refractivity contribution is 0.293. The van der Waals surface area contributed by atoms with Gasteiger partial charge in [-0.2, -0.15) is 0 Å². The molecule has 9 heteroatoms. The first-order chi connectivity index (χ1) is 13.4. The first kappa shape index (κ1) is 20.1. The first-order valence-electron chi connectivity index (χ1n) is 8.25. The Kier molecular flexibility index (Phi) is 6.15. The number of ether oxygens (including phenoxy) is 2. The van der Waals surface area contributed by atoms with Crippen LogP contribution in [0.1, 0.15) is 11.1 Å². The highest BCUT2D eigenvalue weighted by atomic mass is 79.9. The second-order valence-electron chi connectivity index (χ2n) is 5.91. The number of halogens is 1. The Morgan fingerprint density at radius 2 is 1.89 bits per heavy atom. The number of hydrogen-bond acceptors (Lipinski definition) is 6. The Morgan fingerprint density at radius 3 is 2.61 bits per heavy atom. The normalized spacial score (nSPS) is 11.1. The number of benzene rings is 2. The minimum absolute atomic E-state index is 0.00618. The molecule has 0 aliphatic heterocycles. The Morgan fingerprint density at radius 1 is 1.14 bits per heavy atom. The topological polar surface area (TPSA) is 90.4 Å².